The average Bonchev–Trinajstić information content (AvgIpc) is 3.24. The van der Waals surface area contributed by atoms with Gasteiger partial charge in [0.2, 0.25) is 5.91 Å². The van der Waals surface area contributed by atoms with Crippen molar-refractivity contribution in [1.29, 1.82) is 0 Å². The summed E-state index contributed by atoms with van der Waals surface area (Å²) >= 11 is 13.7. The van der Waals surface area contributed by atoms with Crippen molar-refractivity contribution in [1.82, 2.24) is 14.8 Å². The van der Waals surface area contributed by atoms with Gasteiger partial charge in [-0.1, -0.05) is 73.1 Å². The first-order valence-electron chi connectivity index (χ1n) is 10.8. The van der Waals surface area contributed by atoms with E-state index in [2.05, 4.69) is 35.4 Å². The van der Waals surface area contributed by atoms with Crippen molar-refractivity contribution in [2.24, 2.45) is 0 Å². The summed E-state index contributed by atoms with van der Waals surface area (Å²) < 4.78 is 2.01. The molecule has 0 unspecified atom stereocenters. The molecule has 0 saturated heterocycles. The van der Waals surface area contributed by atoms with Crippen LogP contribution in [0, 0.1) is 6.92 Å². The van der Waals surface area contributed by atoms with Crippen molar-refractivity contribution in [3.05, 3.63) is 87.9 Å². The number of anilines is 1. The van der Waals surface area contributed by atoms with Crippen LogP contribution in [0.4, 0.5) is 5.69 Å². The SMILES string of the molecule is Cc1ccc(NC(=O)CSc2nnc(-c3ccc(Cl)cc3)n2-c2ccccc2C(C)C)c(Cl)c1. The molecule has 0 atom stereocenters. The monoisotopic (exact) mass is 510 g/mol. The molecule has 0 fully saturated rings. The second kappa shape index (κ2) is 10.6. The number of para-hydroxylation sites is 1. The summed E-state index contributed by atoms with van der Waals surface area (Å²) in [4.78, 5) is 12.7. The number of hydrogen-bond donors (Lipinski definition) is 1. The molecule has 4 aromatic rings. The molecular formula is C26H24Cl2N4OS. The lowest BCUT2D eigenvalue weighted by atomic mass is 10.0. The number of carbonyl (C=O) groups excluding carboxylic acids is 1. The number of benzene rings is 3. The Morgan fingerprint density at radius 1 is 1.03 bits per heavy atom. The predicted octanol–water partition coefficient (Wildman–Crippen LogP) is 7.40. The van der Waals surface area contributed by atoms with E-state index in [1.807, 2.05) is 66.1 Å². The molecule has 0 saturated carbocycles. The zero-order chi connectivity index (χ0) is 24.2. The Balaban J connectivity index is 1.66. The Kier molecular flexibility index (Phi) is 7.61. The zero-order valence-corrected chi connectivity index (χ0v) is 21.4. The second-order valence-corrected chi connectivity index (χ2v) is 9.97. The van der Waals surface area contributed by atoms with E-state index in [9.17, 15) is 4.79 Å². The summed E-state index contributed by atoms with van der Waals surface area (Å²) in [7, 11) is 0. The predicted molar refractivity (Wildman–Crippen MR) is 141 cm³/mol. The van der Waals surface area contributed by atoms with Gasteiger partial charge in [-0.2, -0.15) is 0 Å². The van der Waals surface area contributed by atoms with Crippen molar-refractivity contribution < 1.29 is 4.79 Å². The van der Waals surface area contributed by atoms with Crippen LogP contribution in [0.25, 0.3) is 17.1 Å². The number of hydrogen-bond acceptors (Lipinski definition) is 4. The van der Waals surface area contributed by atoms with E-state index in [-0.39, 0.29) is 11.7 Å². The maximum atomic E-state index is 12.7. The Hall–Kier alpha value is -2.80. The first-order chi connectivity index (χ1) is 16.3. The summed E-state index contributed by atoms with van der Waals surface area (Å²) in [5, 5.41) is 13.6. The first-order valence-corrected chi connectivity index (χ1v) is 12.6. The van der Waals surface area contributed by atoms with Gasteiger partial charge in [-0.25, -0.2) is 0 Å². The lowest BCUT2D eigenvalue weighted by Gasteiger charge is -2.17. The number of thioether (sulfide) groups is 1. The van der Waals surface area contributed by atoms with Crippen molar-refractivity contribution in [2.45, 2.75) is 31.8 Å². The van der Waals surface area contributed by atoms with E-state index < -0.39 is 0 Å². The van der Waals surface area contributed by atoms with E-state index in [1.165, 1.54) is 11.8 Å². The van der Waals surface area contributed by atoms with Gasteiger partial charge in [-0.15, -0.1) is 10.2 Å². The van der Waals surface area contributed by atoms with Gasteiger partial charge in [0, 0.05) is 10.6 Å². The van der Waals surface area contributed by atoms with Crippen molar-refractivity contribution in [3.63, 3.8) is 0 Å². The molecule has 4 rings (SSSR count). The smallest absolute Gasteiger partial charge is 0.234 e. The standard InChI is InChI=1S/C26H24Cl2N4OS/c1-16(2)20-6-4-5-7-23(20)32-25(18-9-11-19(27)12-10-18)30-31-26(32)34-15-24(33)29-22-13-8-17(3)14-21(22)28/h4-14,16H,15H2,1-3H3,(H,29,33). The van der Waals surface area contributed by atoms with Crippen molar-refractivity contribution in [3.8, 4) is 17.1 Å². The molecule has 1 N–H and O–H groups in total. The molecule has 0 radical (unpaired) electrons. The van der Waals surface area contributed by atoms with Gasteiger partial charge in [-0.05, 0) is 66.4 Å². The van der Waals surface area contributed by atoms with Gasteiger partial charge >= 0.3 is 0 Å². The number of aryl methyl sites for hydroxylation is 1. The maximum Gasteiger partial charge on any atom is 0.234 e. The highest BCUT2D eigenvalue weighted by atomic mass is 35.5. The van der Waals surface area contributed by atoms with Gasteiger partial charge in [0.1, 0.15) is 0 Å². The minimum absolute atomic E-state index is 0.160. The van der Waals surface area contributed by atoms with Crippen LogP contribution in [-0.4, -0.2) is 26.4 Å². The van der Waals surface area contributed by atoms with Crippen LogP contribution < -0.4 is 5.32 Å². The molecule has 8 heteroatoms. The molecule has 0 aliphatic heterocycles. The fourth-order valence-electron chi connectivity index (χ4n) is 3.58. The molecule has 0 aliphatic carbocycles. The van der Waals surface area contributed by atoms with Crippen LogP contribution in [-0.2, 0) is 4.79 Å². The Bertz CT molecular complexity index is 1320. The minimum Gasteiger partial charge on any atom is -0.324 e. The van der Waals surface area contributed by atoms with Crippen molar-refractivity contribution in [2.75, 3.05) is 11.1 Å². The summed E-state index contributed by atoms with van der Waals surface area (Å²) in [6.45, 7) is 6.25. The van der Waals surface area contributed by atoms with E-state index in [4.69, 9.17) is 23.2 Å². The van der Waals surface area contributed by atoms with Crippen molar-refractivity contribution >= 4 is 46.6 Å². The molecule has 174 valence electrons. The van der Waals surface area contributed by atoms with E-state index in [1.54, 1.807) is 6.07 Å². The Morgan fingerprint density at radius 2 is 1.76 bits per heavy atom. The normalized spacial score (nSPS) is 11.1. The zero-order valence-electron chi connectivity index (χ0n) is 19.0. The summed E-state index contributed by atoms with van der Waals surface area (Å²) in [5.74, 6) is 0.971. The second-order valence-electron chi connectivity index (χ2n) is 8.18. The lowest BCUT2D eigenvalue weighted by molar-refractivity contribution is -0.113. The summed E-state index contributed by atoms with van der Waals surface area (Å²) in [6.07, 6.45) is 0. The molecule has 0 aliphatic rings. The molecule has 1 aromatic heterocycles. The average molecular weight is 511 g/mol. The molecular weight excluding hydrogens is 487 g/mol. The maximum absolute atomic E-state index is 12.7. The fourth-order valence-corrected chi connectivity index (χ4v) is 4.74. The van der Waals surface area contributed by atoms with Crippen LogP contribution in [0.1, 0.15) is 30.9 Å². The fraction of sp³-hybridized carbons (Fsp3) is 0.192. The molecule has 0 spiro atoms. The van der Waals surface area contributed by atoms with Crippen LogP contribution in [0.2, 0.25) is 10.0 Å². The van der Waals surface area contributed by atoms with Crippen LogP contribution >= 0.6 is 35.0 Å². The number of carbonyl (C=O) groups is 1. The summed E-state index contributed by atoms with van der Waals surface area (Å²) in [6, 6.07) is 21.2. The van der Waals surface area contributed by atoms with Gasteiger partial charge in [0.15, 0.2) is 11.0 Å². The largest absolute Gasteiger partial charge is 0.324 e. The van der Waals surface area contributed by atoms with Gasteiger partial charge in [0.25, 0.3) is 0 Å². The highest BCUT2D eigenvalue weighted by Crippen LogP contribution is 2.33. The number of rotatable bonds is 7. The molecule has 5 nitrogen and oxygen atoms in total. The van der Waals surface area contributed by atoms with E-state index >= 15 is 0 Å². The van der Waals surface area contributed by atoms with Gasteiger partial charge in [-0.3, -0.25) is 9.36 Å². The Labute approximate surface area is 213 Å². The molecule has 1 heterocycles. The minimum atomic E-state index is -0.171. The van der Waals surface area contributed by atoms with Gasteiger partial charge in [0.05, 0.1) is 22.2 Å². The topological polar surface area (TPSA) is 59.8 Å². The highest BCUT2D eigenvalue weighted by Gasteiger charge is 2.20. The number of nitrogens with one attached hydrogen (secondary N) is 1. The van der Waals surface area contributed by atoms with Crippen LogP contribution in [0.5, 0.6) is 0 Å². The molecule has 3 aromatic carbocycles. The number of nitrogens with zero attached hydrogens (tertiary/aromatic N) is 3. The van der Waals surface area contributed by atoms with E-state index in [0.717, 1.165) is 22.4 Å². The lowest BCUT2D eigenvalue weighted by Crippen LogP contribution is -2.15. The third-order valence-electron chi connectivity index (χ3n) is 5.27. The molecule has 0 bridgehead atoms. The highest BCUT2D eigenvalue weighted by molar-refractivity contribution is 7.99. The number of aromatic nitrogens is 3. The molecule has 34 heavy (non-hydrogen) atoms. The quantitative estimate of drug-likeness (QED) is 0.263. The third-order valence-corrected chi connectivity index (χ3v) is 6.76. The summed E-state index contributed by atoms with van der Waals surface area (Å²) in [5.41, 5.74) is 4.65. The van der Waals surface area contributed by atoms with Crippen LogP contribution in [0.15, 0.2) is 71.9 Å². The number of halogens is 2. The Morgan fingerprint density at radius 3 is 2.47 bits per heavy atom. The van der Waals surface area contributed by atoms with E-state index in [0.29, 0.717) is 32.6 Å². The molecule has 1 amide bonds. The number of amides is 1. The van der Waals surface area contributed by atoms with Gasteiger partial charge < -0.3 is 5.32 Å². The third kappa shape index (κ3) is 5.46. The van der Waals surface area contributed by atoms with Crippen LogP contribution in [0.3, 0.4) is 0 Å². The first kappa shape index (κ1) is 24.3.